The molecule has 2 fully saturated rings. The first-order valence-corrected chi connectivity index (χ1v) is 13.5. The first kappa shape index (κ1) is 25.2. The number of hydrogen-bond donors (Lipinski definition) is 2. The van der Waals surface area contributed by atoms with E-state index < -0.39 is 0 Å². The van der Waals surface area contributed by atoms with Gasteiger partial charge < -0.3 is 16.0 Å². The van der Waals surface area contributed by atoms with Crippen molar-refractivity contribution >= 4 is 17.4 Å². The predicted molar refractivity (Wildman–Crippen MR) is 147 cm³/mol. The van der Waals surface area contributed by atoms with E-state index in [9.17, 15) is 9.18 Å². The molecular weight excluding hydrogens is 463 g/mol. The van der Waals surface area contributed by atoms with Crippen molar-refractivity contribution in [2.75, 3.05) is 13.1 Å². The number of likely N-dealkylation sites (tertiary alicyclic amines) is 1. The van der Waals surface area contributed by atoms with E-state index in [2.05, 4.69) is 30.4 Å². The molecule has 2 amide bonds. The number of hydrogen-bond acceptors (Lipinski definition) is 3. The highest BCUT2D eigenvalue weighted by Gasteiger charge is 2.46. The maximum Gasteiger partial charge on any atom is 0.317 e. The molecule has 1 heterocycles. The standard InChI is InChI=1S/C31H37FN4O/c1-31-20-23(21-33)29(34-27-14-12-26(32)13-15-27)19-25(31)11-10-24(31)18-28(22-8-4-2-5-9-22)35-30(37)36-16-6-3-7-17-36/h2,4-5,8-9,12-15,19,21,24,28H,3,6-7,10-11,16-18,20,33H2,1H3,(H,35,37)/t24-,28?,31-/m1/s1. The number of aliphatic imine (C=N–C) groups is 1. The van der Waals surface area contributed by atoms with Gasteiger partial charge >= 0.3 is 6.03 Å². The van der Waals surface area contributed by atoms with Gasteiger partial charge in [0.25, 0.3) is 0 Å². The number of fused-ring (bicyclic) bond motifs is 1. The van der Waals surface area contributed by atoms with Gasteiger partial charge in [-0.3, -0.25) is 0 Å². The van der Waals surface area contributed by atoms with Crippen LogP contribution in [0.3, 0.4) is 0 Å². The van der Waals surface area contributed by atoms with Gasteiger partial charge in [-0.15, -0.1) is 0 Å². The number of carbonyl (C=O) groups excluding carboxylic acids is 1. The molecule has 1 saturated heterocycles. The summed E-state index contributed by atoms with van der Waals surface area (Å²) in [6.07, 6.45) is 11.0. The van der Waals surface area contributed by atoms with Gasteiger partial charge in [-0.1, -0.05) is 42.8 Å². The van der Waals surface area contributed by atoms with Crippen LogP contribution in [-0.4, -0.2) is 29.7 Å². The maximum atomic E-state index is 13.4. The average Bonchev–Trinajstić information content (AvgIpc) is 3.24. The molecule has 0 spiro atoms. The molecule has 2 aliphatic carbocycles. The summed E-state index contributed by atoms with van der Waals surface area (Å²) in [5, 5.41) is 3.39. The fraction of sp³-hybridized carbons (Fsp3) is 0.419. The molecule has 3 N–H and O–H groups in total. The van der Waals surface area contributed by atoms with Crippen LogP contribution in [-0.2, 0) is 0 Å². The lowest BCUT2D eigenvalue weighted by Gasteiger charge is -2.39. The SMILES string of the molecule is C[C@]12CC(=CN)C(=Nc3ccc(F)cc3)C=C1CC[C@@H]2CC(NC(=O)N1CCCCC1)c1ccccc1. The fourth-order valence-electron chi connectivity index (χ4n) is 6.30. The summed E-state index contributed by atoms with van der Waals surface area (Å²) in [7, 11) is 0. The van der Waals surface area contributed by atoms with Crippen LogP contribution in [0, 0.1) is 17.2 Å². The quantitative estimate of drug-likeness (QED) is 0.473. The largest absolute Gasteiger partial charge is 0.404 e. The van der Waals surface area contributed by atoms with Crippen molar-refractivity contribution in [1.82, 2.24) is 10.2 Å². The molecule has 194 valence electrons. The zero-order chi connectivity index (χ0) is 25.8. The number of carbonyl (C=O) groups is 1. The van der Waals surface area contributed by atoms with Crippen molar-refractivity contribution in [3.8, 4) is 0 Å². The molecule has 3 aliphatic rings. The Morgan fingerprint density at radius 2 is 1.89 bits per heavy atom. The van der Waals surface area contributed by atoms with Crippen molar-refractivity contribution in [3.63, 3.8) is 0 Å². The van der Waals surface area contributed by atoms with E-state index in [4.69, 9.17) is 10.7 Å². The molecule has 5 nitrogen and oxygen atoms in total. The zero-order valence-corrected chi connectivity index (χ0v) is 21.6. The smallest absolute Gasteiger partial charge is 0.317 e. The Bertz CT molecular complexity index is 1200. The van der Waals surface area contributed by atoms with E-state index in [0.29, 0.717) is 5.92 Å². The molecule has 6 heteroatoms. The molecular formula is C31H37FN4O. The highest BCUT2D eigenvalue weighted by atomic mass is 19.1. The van der Waals surface area contributed by atoms with E-state index in [1.165, 1.54) is 24.1 Å². The number of piperidine rings is 1. The molecule has 2 aromatic rings. The average molecular weight is 501 g/mol. The Kier molecular flexibility index (Phi) is 7.45. The Labute approximate surface area is 219 Å². The minimum absolute atomic E-state index is 0.0450. The molecule has 2 aromatic carbocycles. The van der Waals surface area contributed by atoms with E-state index in [0.717, 1.165) is 74.2 Å². The molecule has 1 saturated carbocycles. The minimum Gasteiger partial charge on any atom is -0.404 e. The summed E-state index contributed by atoms with van der Waals surface area (Å²) >= 11 is 0. The third-order valence-corrected chi connectivity index (χ3v) is 8.53. The maximum absolute atomic E-state index is 13.4. The molecule has 5 rings (SSSR count). The second kappa shape index (κ2) is 10.9. The molecule has 0 aromatic heterocycles. The lowest BCUT2D eigenvalue weighted by Crippen LogP contribution is -2.45. The zero-order valence-electron chi connectivity index (χ0n) is 21.6. The van der Waals surface area contributed by atoms with Crippen LogP contribution in [0.5, 0.6) is 0 Å². The number of urea groups is 1. The van der Waals surface area contributed by atoms with Gasteiger partial charge in [-0.25, -0.2) is 14.2 Å². The van der Waals surface area contributed by atoms with Crippen LogP contribution in [0.2, 0.25) is 0 Å². The molecule has 0 bridgehead atoms. The minimum atomic E-state index is -0.271. The summed E-state index contributed by atoms with van der Waals surface area (Å²) < 4.78 is 13.4. The van der Waals surface area contributed by atoms with Crippen molar-refractivity contribution < 1.29 is 9.18 Å². The highest BCUT2D eigenvalue weighted by Crippen LogP contribution is 2.56. The van der Waals surface area contributed by atoms with Crippen LogP contribution in [0.4, 0.5) is 14.9 Å². The number of allylic oxidation sites excluding steroid dienone is 3. The lowest BCUT2D eigenvalue weighted by molar-refractivity contribution is 0.175. The van der Waals surface area contributed by atoms with E-state index in [1.54, 1.807) is 18.3 Å². The van der Waals surface area contributed by atoms with Crippen LogP contribution >= 0.6 is 0 Å². The molecule has 37 heavy (non-hydrogen) atoms. The third-order valence-electron chi connectivity index (χ3n) is 8.53. The number of nitrogens with one attached hydrogen (secondary N) is 1. The Morgan fingerprint density at radius 3 is 2.59 bits per heavy atom. The Hall–Kier alpha value is -3.41. The molecule has 1 aliphatic heterocycles. The number of benzene rings is 2. The second-order valence-corrected chi connectivity index (χ2v) is 10.9. The number of rotatable bonds is 5. The molecule has 1 unspecified atom stereocenters. The second-order valence-electron chi connectivity index (χ2n) is 10.9. The number of amides is 2. The topological polar surface area (TPSA) is 70.7 Å². The van der Waals surface area contributed by atoms with Crippen LogP contribution in [0.1, 0.15) is 63.5 Å². The number of nitrogens with zero attached hydrogens (tertiary/aromatic N) is 2. The predicted octanol–water partition coefficient (Wildman–Crippen LogP) is 6.81. The monoisotopic (exact) mass is 500 g/mol. The molecule has 0 radical (unpaired) electrons. The van der Waals surface area contributed by atoms with Crippen LogP contribution in [0.15, 0.2) is 83.0 Å². The summed E-state index contributed by atoms with van der Waals surface area (Å²) in [5.74, 6) is 0.125. The molecule has 3 atom stereocenters. The summed E-state index contributed by atoms with van der Waals surface area (Å²) in [4.78, 5) is 20.0. The van der Waals surface area contributed by atoms with Gasteiger partial charge in [0, 0.05) is 13.1 Å². The van der Waals surface area contributed by atoms with Gasteiger partial charge in [-0.2, -0.15) is 0 Å². The summed E-state index contributed by atoms with van der Waals surface area (Å²) in [6.45, 7) is 4.01. The third kappa shape index (κ3) is 5.48. The van der Waals surface area contributed by atoms with Crippen LogP contribution in [0.25, 0.3) is 0 Å². The van der Waals surface area contributed by atoms with Crippen molar-refractivity contribution in [2.24, 2.45) is 22.1 Å². The van der Waals surface area contributed by atoms with E-state index >= 15 is 0 Å². The van der Waals surface area contributed by atoms with E-state index in [-0.39, 0.29) is 23.3 Å². The first-order valence-electron chi connectivity index (χ1n) is 13.5. The summed E-state index contributed by atoms with van der Waals surface area (Å²) in [5.41, 5.74) is 11.2. The lowest BCUT2D eigenvalue weighted by atomic mass is 9.67. The summed E-state index contributed by atoms with van der Waals surface area (Å²) in [6, 6.07) is 16.6. The Balaban J connectivity index is 1.39. The van der Waals surface area contributed by atoms with Crippen LogP contribution < -0.4 is 11.1 Å². The van der Waals surface area contributed by atoms with E-state index in [1.807, 2.05) is 23.1 Å². The highest BCUT2D eigenvalue weighted by molar-refractivity contribution is 6.11. The normalized spacial score (nSPS) is 26.6. The van der Waals surface area contributed by atoms with Crippen molar-refractivity contribution in [2.45, 2.75) is 57.9 Å². The van der Waals surface area contributed by atoms with Crippen molar-refractivity contribution in [1.29, 1.82) is 0 Å². The van der Waals surface area contributed by atoms with Gasteiger partial charge in [0.1, 0.15) is 5.82 Å². The van der Waals surface area contributed by atoms with Crippen molar-refractivity contribution in [3.05, 3.63) is 89.4 Å². The van der Waals surface area contributed by atoms with Gasteiger partial charge in [0.2, 0.25) is 0 Å². The fourth-order valence-corrected chi connectivity index (χ4v) is 6.30. The van der Waals surface area contributed by atoms with Gasteiger partial charge in [0.05, 0.1) is 17.4 Å². The van der Waals surface area contributed by atoms with Gasteiger partial charge in [0.15, 0.2) is 0 Å². The van der Waals surface area contributed by atoms with Gasteiger partial charge in [-0.05, 0) is 104 Å². The number of halogens is 1. The number of nitrogens with two attached hydrogens (primary N) is 1. The first-order chi connectivity index (χ1) is 18.0. The Morgan fingerprint density at radius 1 is 1.16 bits per heavy atom.